The third-order valence-corrected chi connectivity index (χ3v) is 6.66. The SMILES string of the molecule is CN=C(NCC1(c2ccccc2Cl)CCOCC1)N1CCN(C(C)C(F)(F)F)CC1. The maximum absolute atomic E-state index is 13.0. The van der Waals surface area contributed by atoms with E-state index in [4.69, 9.17) is 16.3 Å². The molecule has 1 atom stereocenters. The molecule has 2 aliphatic heterocycles. The normalized spacial score (nSPS) is 22.1. The average Bonchev–Trinajstić information content (AvgIpc) is 2.74. The second-order valence-electron chi connectivity index (χ2n) is 8.01. The van der Waals surface area contributed by atoms with Crippen LogP contribution in [0.1, 0.15) is 25.3 Å². The van der Waals surface area contributed by atoms with Crippen molar-refractivity contribution in [3.63, 3.8) is 0 Å². The first-order valence-electron chi connectivity index (χ1n) is 10.4. The summed E-state index contributed by atoms with van der Waals surface area (Å²) in [7, 11) is 1.71. The summed E-state index contributed by atoms with van der Waals surface area (Å²) < 4.78 is 44.6. The van der Waals surface area contributed by atoms with Crippen LogP contribution in [0, 0.1) is 0 Å². The molecule has 0 radical (unpaired) electrons. The van der Waals surface area contributed by atoms with E-state index >= 15 is 0 Å². The Morgan fingerprint density at radius 2 is 1.83 bits per heavy atom. The molecule has 5 nitrogen and oxygen atoms in total. The van der Waals surface area contributed by atoms with Crippen LogP contribution >= 0.6 is 11.6 Å². The number of hydrogen-bond acceptors (Lipinski definition) is 3. The Morgan fingerprint density at radius 1 is 1.20 bits per heavy atom. The van der Waals surface area contributed by atoms with E-state index in [2.05, 4.69) is 16.4 Å². The third-order valence-electron chi connectivity index (χ3n) is 6.33. The Labute approximate surface area is 181 Å². The van der Waals surface area contributed by atoms with E-state index in [1.165, 1.54) is 11.8 Å². The molecule has 1 aromatic carbocycles. The number of guanidine groups is 1. The van der Waals surface area contributed by atoms with Crippen LogP contribution in [0.4, 0.5) is 13.2 Å². The summed E-state index contributed by atoms with van der Waals surface area (Å²) in [6.07, 6.45) is -2.51. The quantitative estimate of drug-likeness (QED) is 0.567. The van der Waals surface area contributed by atoms with Gasteiger partial charge in [0.05, 0.1) is 0 Å². The van der Waals surface area contributed by atoms with E-state index < -0.39 is 12.2 Å². The van der Waals surface area contributed by atoms with Crippen molar-refractivity contribution in [1.29, 1.82) is 0 Å². The Morgan fingerprint density at radius 3 is 2.40 bits per heavy atom. The molecule has 0 amide bonds. The molecule has 2 aliphatic rings. The molecule has 3 rings (SSSR count). The average molecular weight is 447 g/mol. The number of ether oxygens (including phenoxy) is 1. The minimum absolute atomic E-state index is 0.168. The van der Waals surface area contributed by atoms with E-state index in [1.807, 2.05) is 23.1 Å². The van der Waals surface area contributed by atoms with Gasteiger partial charge < -0.3 is 15.0 Å². The Balaban J connectivity index is 1.65. The van der Waals surface area contributed by atoms with Crippen molar-refractivity contribution in [2.24, 2.45) is 4.99 Å². The summed E-state index contributed by atoms with van der Waals surface area (Å²) in [5.41, 5.74) is 0.931. The third kappa shape index (κ3) is 5.21. The minimum Gasteiger partial charge on any atom is -0.381 e. The molecule has 2 heterocycles. The Hall–Kier alpha value is -1.51. The maximum atomic E-state index is 13.0. The van der Waals surface area contributed by atoms with Gasteiger partial charge in [0.1, 0.15) is 6.04 Å². The highest BCUT2D eigenvalue weighted by atomic mass is 35.5. The summed E-state index contributed by atoms with van der Waals surface area (Å²) in [6.45, 7) is 4.91. The molecule has 0 saturated carbocycles. The fourth-order valence-corrected chi connectivity index (χ4v) is 4.64. The molecule has 9 heteroatoms. The molecule has 1 N–H and O–H groups in total. The van der Waals surface area contributed by atoms with Crippen LogP contribution in [-0.2, 0) is 10.2 Å². The minimum atomic E-state index is -4.20. The fourth-order valence-electron chi connectivity index (χ4n) is 4.30. The van der Waals surface area contributed by atoms with Crippen LogP contribution < -0.4 is 5.32 Å². The highest BCUT2D eigenvalue weighted by Crippen LogP contribution is 2.38. The van der Waals surface area contributed by atoms with E-state index in [1.54, 1.807) is 7.05 Å². The fraction of sp³-hybridized carbons (Fsp3) is 0.667. The summed E-state index contributed by atoms with van der Waals surface area (Å²) >= 11 is 6.52. The van der Waals surface area contributed by atoms with Gasteiger partial charge in [-0.1, -0.05) is 29.8 Å². The van der Waals surface area contributed by atoms with Gasteiger partial charge in [0, 0.05) is 63.4 Å². The second kappa shape index (κ2) is 9.75. The first-order chi connectivity index (χ1) is 14.3. The van der Waals surface area contributed by atoms with Crippen molar-refractivity contribution in [2.45, 2.75) is 37.4 Å². The molecular formula is C21H30ClF3N4O. The maximum Gasteiger partial charge on any atom is 0.403 e. The molecule has 168 valence electrons. The molecule has 30 heavy (non-hydrogen) atoms. The standard InChI is InChI=1S/C21H30ClF3N4O/c1-16(21(23,24)25)28-9-11-29(12-10-28)19(26-2)27-15-20(7-13-30-14-8-20)17-5-3-4-6-18(17)22/h3-6,16H,7-15H2,1-2H3,(H,26,27). The zero-order valence-corrected chi connectivity index (χ0v) is 18.3. The van der Waals surface area contributed by atoms with Gasteiger partial charge >= 0.3 is 6.18 Å². The van der Waals surface area contributed by atoms with E-state index in [0.717, 1.165) is 23.4 Å². The lowest BCUT2D eigenvalue weighted by Crippen LogP contribution is -2.58. The molecule has 1 aromatic rings. The summed E-state index contributed by atoms with van der Waals surface area (Å²) in [5.74, 6) is 0.715. The second-order valence-corrected chi connectivity index (χ2v) is 8.42. The van der Waals surface area contributed by atoms with Gasteiger partial charge in [-0.2, -0.15) is 13.2 Å². The molecule has 0 aromatic heterocycles. The van der Waals surface area contributed by atoms with E-state index in [-0.39, 0.29) is 5.41 Å². The van der Waals surface area contributed by atoms with Crippen molar-refractivity contribution < 1.29 is 17.9 Å². The van der Waals surface area contributed by atoms with Crippen molar-refractivity contribution in [2.75, 3.05) is 53.0 Å². The lowest BCUT2D eigenvalue weighted by Gasteiger charge is -2.42. The monoisotopic (exact) mass is 446 g/mol. The molecular weight excluding hydrogens is 417 g/mol. The number of rotatable bonds is 4. The van der Waals surface area contributed by atoms with Gasteiger partial charge in [-0.25, -0.2) is 0 Å². The van der Waals surface area contributed by atoms with Crippen molar-refractivity contribution >= 4 is 17.6 Å². The first kappa shape index (κ1) is 23.2. The molecule has 1 unspecified atom stereocenters. The van der Waals surface area contributed by atoms with Crippen LogP contribution in [0.25, 0.3) is 0 Å². The number of nitrogens with one attached hydrogen (secondary N) is 1. The number of piperazine rings is 1. The number of benzene rings is 1. The predicted octanol–water partition coefficient (Wildman–Crippen LogP) is 3.53. The number of hydrogen-bond donors (Lipinski definition) is 1. The van der Waals surface area contributed by atoms with Crippen molar-refractivity contribution in [3.05, 3.63) is 34.9 Å². The van der Waals surface area contributed by atoms with Gasteiger partial charge in [0.2, 0.25) is 0 Å². The van der Waals surface area contributed by atoms with Crippen molar-refractivity contribution in [1.82, 2.24) is 15.1 Å². The topological polar surface area (TPSA) is 40.1 Å². The zero-order valence-electron chi connectivity index (χ0n) is 17.5. The lowest BCUT2D eigenvalue weighted by molar-refractivity contribution is -0.181. The predicted molar refractivity (Wildman–Crippen MR) is 113 cm³/mol. The zero-order chi connectivity index (χ0) is 21.8. The highest BCUT2D eigenvalue weighted by molar-refractivity contribution is 6.31. The molecule has 0 aliphatic carbocycles. The van der Waals surface area contributed by atoms with Gasteiger partial charge in [-0.05, 0) is 31.4 Å². The van der Waals surface area contributed by atoms with Crippen LogP contribution in [0.15, 0.2) is 29.3 Å². The largest absolute Gasteiger partial charge is 0.403 e. The summed E-state index contributed by atoms with van der Waals surface area (Å²) in [6, 6.07) is 6.46. The van der Waals surface area contributed by atoms with Gasteiger partial charge in [0.15, 0.2) is 5.96 Å². The summed E-state index contributed by atoms with van der Waals surface area (Å²) in [4.78, 5) is 7.90. The number of nitrogens with zero attached hydrogens (tertiary/aromatic N) is 3. The molecule has 0 bridgehead atoms. The Kier molecular flexibility index (Phi) is 7.52. The molecule has 0 spiro atoms. The lowest BCUT2D eigenvalue weighted by atomic mass is 9.74. The van der Waals surface area contributed by atoms with Crippen LogP contribution in [0.5, 0.6) is 0 Å². The Bertz CT molecular complexity index is 729. The van der Waals surface area contributed by atoms with Gasteiger partial charge in [-0.3, -0.25) is 9.89 Å². The molecule has 2 fully saturated rings. The molecule has 2 saturated heterocycles. The number of halogens is 4. The number of aliphatic imine (C=N–C) groups is 1. The van der Waals surface area contributed by atoms with Crippen molar-refractivity contribution in [3.8, 4) is 0 Å². The first-order valence-corrected chi connectivity index (χ1v) is 10.7. The highest BCUT2D eigenvalue weighted by Gasteiger charge is 2.41. The van der Waals surface area contributed by atoms with E-state index in [9.17, 15) is 13.2 Å². The van der Waals surface area contributed by atoms with Gasteiger partial charge in [-0.15, -0.1) is 0 Å². The van der Waals surface area contributed by atoms with Crippen LogP contribution in [0.2, 0.25) is 5.02 Å². The summed E-state index contributed by atoms with van der Waals surface area (Å²) in [5, 5.41) is 4.21. The smallest absolute Gasteiger partial charge is 0.381 e. The van der Waals surface area contributed by atoms with Crippen LogP contribution in [0.3, 0.4) is 0 Å². The van der Waals surface area contributed by atoms with E-state index in [0.29, 0.717) is 51.9 Å². The van der Waals surface area contributed by atoms with Gasteiger partial charge in [0.25, 0.3) is 0 Å². The van der Waals surface area contributed by atoms with Crippen LogP contribution in [-0.4, -0.2) is 81.0 Å². The number of alkyl halides is 3.